The van der Waals surface area contributed by atoms with Gasteiger partial charge in [-0.05, 0) is 50.3 Å². The van der Waals surface area contributed by atoms with Crippen LogP contribution in [-0.4, -0.2) is 19.6 Å². The van der Waals surface area contributed by atoms with Gasteiger partial charge in [0.2, 0.25) is 0 Å². The lowest BCUT2D eigenvalue weighted by molar-refractivity contribution is 0.301. The fourth-order valence-electron chi connectivity index (χ4n) is 3.60. The number of halogens is 1. The quantitative estimate of drug-likeness (QED) is 0.116. The second kappa shape index (κ2) is 15.6. The number of ether oxygens (including phenoxy) is 2. The molecular formula is C29H39ClO2. The molecule has 0 fully saturated rings. The van der Waals surface area contributed by atoms with Crippen LogP contribution in [0, 0.1) is 0 Å². The smallest absolute Gasteiger partial charge is 0.126 e. The Morgan fingerprint density at radius 3 is 2.22 bits per heavy atom. The molecule has 2 nitrogen and oxygen atoms in total. The Balaban J connectivity index is 2.04. The summed E-state index contributed by atoms with van der Waals surface area (Å²) in [5.74, 6) is 2.54. The van der Waals surface area contributed by atoms with Gasteiger partial charge in [0.1, 0.15) is 11.5 Å². The monoisotopic (exact) mass is 454 g/mol. The molecule has 0 aromatic heterocycles. The van der Waals surface area contributed by atoms with E-state index in [0.717, 1.165) is 48.8 Å². The van der Waals surface area contributed by atoms with Crippen molar-refractivity contribution < 1.29 is 9.47 Å². The molecule has 0 spiro atoms. The number of benzene rings is 2. The van der Waals surface area contributed by atoms with Gasteiger partial charge >= 0.3 is 0 Å². The molecule has 2 rings (SSSR count). The summed E-state index contributed by atoms with van der Waals surface area (Å²) in [6.07, 6.45) is 15.9. The van der Waals surface area contributed by atoms with E-state index in [4.69, 9.17) is 21.1 Å². The number of rotatable bonds is 15. The third-order valence-corrected chi connectivity index (χ3v) is 5.72. The van der Waals surface area contributed by atoms with Crippen molar-refractivity contribution in [1.82, 2.24) is 0 Å². The fraction of sp³-hybridized carbons (Fsp3) is 0.448. The molecule has 0 unspecified atom stereocenters. The molecule has 0 N–H and O–H groups in total. The molecule has 0 radical (unpaired) electrons. The van der Waals surface area contributed by atoms with E-state index in [2.05, 4.69) is 62.4 Å². The number of unbranched alkanes of at least 4 members (excludes halogenated alkanes) is 6. The van der Waals surface area contributed by atoms with Gasteiger partial charge in [-0.1, -0.05) is 86.2 Å². The van der Waals surface area contributed by atoms with Crippen molar-refractivity contribution >= 4 is 23.8 Å². The molecule has 174 valence electrons. The van der Waals surface area contributed by atoms with Gasteiger partial charge in [-0.15, -0.1) is 11.6 Å². The van der Waals surface area contributed by atoms with Crippen molar-refractivity contribution in [2.75, 3.05) is 19.6 Å². The van der Waals surface area contributed by atoms with Crippen LogP contribution in [0.4, 0.5) is 0 Å². The maximum atomic E-state index is 6.12. The van der Waals surface area contributed by atoms with Gasteiger partial charge in [-0.3, -0.25) is 0 Å². The Labute approximate surface area is 200 Å². The molecule has 0 amide bonds. The molecular weight excluding hydrogens is 416 g/mol. The molecule has 0 aliphatic heterocycles. The summed E-state index contributed by atoms with van der Waals surface area (Å²) in [7, 11) is 1.74. The van der Waals surface area contributed by atoms with E-state index in [1.165, 1.54) is 48.8 Å². The van der Waals surface area contributed by atoms with E-state index >= 15 is 0 Å². The normalized spacial score (nSPS) is 11.0. The van der Waals surface area contributed by atoms with Crippen LogP contribution in [-0.2, 0) is 6.42 Å². The van der Waals surface area contributed by atoms with Crippen LogP contribution < -0.4 is 9.47 Å². The van der Waals surface area contributed by atoms with Gasteiger partial charge in [0.05, 0.1) is 13.7 Å². The van der Waals surface area contributed by atoms with Crippen LogP contribution in [0.25, 0.3) is 12.2 Å². The Morgan fingerprint density at radius 1 is 0.875 bits per heavy atom. The van der Waals surface area contributed by atoms with Crippen LogP contribution in [0.3, 0.4) is 0 Å². The van der Waals surface area contributed by atoms with E-state index < -0.39 is 0 Å². The summed E-state index contributed by atoms with van der Waals surface area (Å²) >= 11 is 5.73. The highest BCUT2D eigenvalue weighted by atomic mass is 35.5. The number of methoxy groups -OCH3 is 1. The Hall–Kier alpha value is -2.19. The van der Waals surface area contributed by atoms with Crippen molar-refractivity contribution in [1.29, 1.82) is 0 Å². The third-order valence-electron chi connectivity index (χ3n) is 5.45. The zero-order chi connectivity index (χ0) is 23.0. The van der Waals surface area contributed by atoms with E-state index in [0.29, 0.717) is 0 Å². The van der Waals surface area contributed by atoms with Gasteiger partial charge in [-0.25, -0.2) is 0 Å². The number of allylic oxidation sites excluding steroid dienone is 2. The van der Waals surface area contributed by atoms with Gasteiger partial charge in [-0.2, -0.15) is 0 Å². The summed E-state index contributed by atoms with van der Waals surface area (Å²) in [5, 5.41) is 0. The summed E-state index contributed by atoms with van der Waals surface area (Å²) in [6, 6.07) is 14.5. The van der Waals surface area contributed by atoms with Crippen molar-refractivity contribution in [3.63, 3.8) is 0 Å². The summed E-state index contributed by atoms with van der Waals surface area (Å²) in [6.45, 7) is 4.99. The first-order valence-electron chi connectivity index (χ1n) is 11.9. The molecule has 2 aromatic carbocycles. The van der Waals surface area contributed by atoms with Gasteiger partial charge in [0.25, 0.3) is 0 Å². The molecule has 0 heterocycles. The SMILES string of the molecule is COc1cc(OCCCCCCCCCCl)cc(/C=C/c2ccccc2)c1CC=C(C)C. The van der Waals surface area contributed by atoms with E-state index in [-0.39, 0.29) is 0 Å². The number of hydrogen-bond acceptors (Lipinski definition) is 2. The molecule has 32 heavy (non-hydrogen) atoms. The maximum Gasteiger partial charge on any atom is 0.126 e. The minimum Gasteiger partial charge on any atom is -0.496 e. The minimum atomic E-state index is 0.736. The van der Waals surface area contributed by atoms with E-state index in [1.54, 1.807) is 7.11 Å². The molecule has 3 heteroatoms. The lowest BCUT2D eigenvalue weighted by Crippen LogP contribution is -2.01. The van der Waals surface area contributed by atoms with Crippen molar-refractivity contribution in [3.8, 4) is 11.5 Å². The zero-order valence-electron chi connectivity index (χ0n) is 20.0. The first-order chi connectivity index (χ1) is 15.6. The topological polar surface area (TPSA) is 18.5 Å². The van der Waals surface area contributed by atoms with E-state index in [9.17, 15) is 0 Å². The second-order valence-corrected chi connectivity index (χ2v) is 8.81. The third kappa shape index (κ3) is 9.96. The Kier molecular flexibility index (Phi) is 12.7. The predicted octanol–water partition coefficient (Wildman–Crippen LogP) is 8.72. The van der Waals surface area contributed by atoms with Crippen molar-refractivity contribution in [2.24, 2.45) is 0 Å². The molecule has 0 bridgehead atoms. The summed E-state index contributed by atoms with van der Waals surface area (Å²) in [4.78, 5) is 0. The molecule has 0 aliphatic carbocycles. The van der Waals surface area contributed by atoms with Gasteiger partial charge in [0.15, 0.2) is 0 Å². The number of hydrogen-bond donors (Lipinski definition) is 0. The Bertz CT molecular complexity index is 836. The highest BCUT2D eigenvalue weighted by Crippen LogP contribution is 2.31. The van der Waals surface area contributed by atoms with Crippen LogP contribution in [0.5, 0.6) is 11.5 Å². The standard InChI is InChI=1S/C29H39ClO2/c1-24(2)16-19-28-26(18-17-25-14-10-9-11-15-25)22-27(23-29(28)31-3)32-21-13-8-6-4-5-7-12-20-30/h9-11,14-18,22-23H,4-8,12-13,19-21H2,1-3H3/b18-17+. The predicted molar refractivity (Wildman–Crippen MR) is 140 cm³/mol. The van der Waals surface area contributed by atoms with Crippen molar-refractivity contribution in [2.45, 2.75) is 65.2 Å². The molecule has 0 saturated heterocycles. The molecule has 0 saturated carbocycles. The van der Waals surface area contributed by atoms with Crippen LogP contribution in [0.15, 0.2) is 54.1 Å². The van der Waals surface area contributed by atoms with Gasteiger partial charge < -0.3 is 9.47 Å². The van der Waals surface area contributed by atoms with E-state index in [1.807, 2.05) is 12.1 Å². The summed E-state index contributed by atoms with van der Waals surface area (Å²) < 4.78 is 11.9. The zero-order valence-corrected chi connectivity index (χ0v) is 20.8. The first-order valence-corrected chi connectivity index (χ1v) is 12.4. The lowest BCUT2D eigenvalue weighted by Gasteiger charge is -2.15. The molecule has 0 atom stereocenters. The van der Waals surface area contributed by atoms with Crippen LogP contribution >= 0.6 is 11.6 Å². The maximum absolute atomic E-state index is 6.12. The fourth-order valence-corrected chi connectivity index (χ4v) is 3.79. The Morgan fingerprint density at radius 2 is 1.56 bits per heavy atom. The number of alkyl halides is 1. The van der Waals surface area contributed by atoms with Crippen LogP contribution in [0.2, 0.25) is 0 Å². The average molecular weight is 455 g/mol. The van der Waals surface area contributed by atoms with Crippen molar-refractivity contribution in [3.05, 3.63) is 70.8 Å². The molecule has 0 aliphatic rings. The highest BCUT2D eigenvalue weighted by Gasteiger charge is 2.10. The average Bonchev–Trinajstić information content (AvgIpc) is 2.81. The van der Waals surface area contributed by atoms with Gasteiger partial charge in [0, 0.05) is 17.5 Å². The minimum absolute atomic E-state index is 0.736. The van der Waals surface area contributed by atoms with Crippen LogP contribution in [0.1, 0.15) is 75.5 Å². The highest BCUT2D eigenvalue weighted by molar-refractivity contribution is 6.17. The second-order valence-electron chi connectivity index (χ2n) is 8.44. The molecule has 2 aromatic rings. The summed E-state index contributed by atoms with van der Waals surface area (Å²) in [5.41, 5.74) is 4.80. The largest absolute Gasteiger partial charge is 0.496 e. The first kappa shape index (κ1) is 26.1. The lowest BCUT2D eigenvalue weighted by atomic mass is 10.00.